The van der Waals surface area contributed by atoms with Gasteiger partial charge >= 0.3 is 0 Å². The van der Waals surface area contributed by atoms with Crippen molar-refractivity contribution in [2.75, 3.05) is 0 Å². The van der Waals surface area contributed by atoms with Crippen molar-refractivity contribution in [2.45, 2.75) is 37.3 Å². The van der Waals surface area contributed by atoms with Gasteiger partial charge in [-0.05, 0) is 31.8 Å². The molecule has 0 saturated heterocycles. The average molecular weight is 242 g/mol. The van der Waals surface area contributed by atoms with E-state index in [-0.39, 0.29) is 11.7 Å². The minimum atomic E-state index is -0.990. The Kier molecular flexibility index (Phi) is 3.19. The molecule has 3 atom stereocenters. The molecular formula is C12H16ClNO2. The van der Waals surface area contributed by atoms with E-state index < -0.39 is 11.6 Å². The number of aliphatic hydroxyl groups is 1. The van der Waals surface area contributed by atoms with Crippen molar-refractivity contribution >= 4 is 17.4 Å². The van der Waals surface area contributed by atoms with E-state index in [0.717, 1.165) is 6.42 Å². The van der Waals surface area contributed by atoms with Crippen molar-refractivity contribution in [3.8, 4) is 0 Å². The topological polar surface area (TPSA) is 63.3 Å². The molecule has 2 aliphatic carbocycles. The van der Waals surface area contributed by atoms with Gasteiger partial charge in [-0.15, -0.1) is 0 Å². The van der Waals surface area contributed by atoms with Crippen LogP contribution in [0.25, 0.3) is 0 Å². The van der Waals surface area contributed by atoms with Gasteiger partial charge in [-0.2, -0.15) is 0 Å². The van der Waals surface area contributed by atoms with Gasteiger partial charge in [0.1, 0.15) is 6.10 Å². The molecule has 3 nitrogen and oxygen atoms in total. The Balaban J connectivity index is 2.27. The number of ketones is 1. The van der Waals surface area contributed by atoms with Gasteiger partial charge in [0.25, 0.3) is 0 Å². The molecule has 0 amide bonds. The molecular weight excluding hydrogens is 226 g/mol. The van der Waals surface area contributed by atoms with Crippen molar-refractivity contribution in [1.82, 2.24) is 0 Å². The first-order valence-corrected chi connectivity index (χ1v) is 5.97. The fourth-order valence-corrected chi connectivity index (χ4v) is 2.91. The number of carbonyl (C=O) groups is 1. The lowest BCUT2D eigenvalue weighted by Crippen LogP contribution is -2.60. The van der Waals surface area contributed by atoms with Crippen molar-refractivity contribution in [1.29, 1.82) is 0 Å². The van der Waals surface area contributed by atoms with Crippen LogP contribution in [0.15, 0.2) is 23.3 Å². The number of rotatable bonds is 1. The first kappa shape index (κ1) is 11.8. The predicted molar refractivity (Wildman–Crippen MR) is 63.0 cm³/mol. The fourth-order valence-electron chi connectivity index (χ4n) is 2.56. The van der Waals surface area contributed by atoms with Gasteiger partial charge < -0.3 is 10.8 Å². The lowest BCUT2D eigenvalue weighted by molar-refractivity contribution is -0.137. The molecule has 2 aliphatic rings. The van der Waals surface area contributed by atoms with Crippen molar-refractivity contribution in [2.24, 2.45) is 11.7 Å². The van der Waals surface area contributed by atoms with Crippen LogP contribution in [-0.2, 0) is 4.79 Å². The van der Waals surface area contributed by atoms with E-state index in [1.54, 1.807) is 6.08 Å². The van der Waals surface area contributed by atoms with E-state index >= 15 is 0 Å². The van der Waals surface area contributed by atoms with E-state index in [4.69, 9.17) is 17.3 Å². The Labute approximate surface area is 100.0 Å². The Hall–Kier alpha value is -0.640. The molecule has 0 aromatic rings. The van der Waals surface area contributed by atoms with Crippen LogP contribution in [0.4, 0.5) is 0 Å². The van der Waals surface area contributed by atoms with Gasteiger partial charge in [-0.1, -0.05) is 23.8 Å². The molecule has 0 heterocycles. The summed E-state index contributed by atoms with van der Waals surface area (Å²) in [5.41, 5.74) is 5.20. The molecule has 88 valence electrons. The molecule has 0 aliphatic heterocycles. The second kappa shape index (κ2) is 4.32. The first-order chi connectivity index (χ1) is 7.55. The lowest BCUT2D eigenvalue weighted by atomic mass is 9.69. The summed E-state index contributed by atoms with van der Waals surface area (Å²) in [6.45, 7) is 0. The third-order valence-corrected chi connectivity index (χ3v) is 3.94. The normalized spacial score (nSPS) is 39.7. The molecule has 0 radical (unpaired) electrons. The van der Waals surface area contributed by atoms with Crippen molar-refractivity contribution < 1.29 is 9.90 Å². The summed E-state index contributed by atoms with van der Waals surface area (Å²) in [7, 11) is 0. The van der Waals surface area contributed by atoms with Crippen LogP contribution in [0.1, 0.15) is 25.7 Å². The second-order valence-electron chi connectivity index (χ2n) is 4.58. The zero-order valence-electron chi connectivity index (χ0n) is 9.03. The summed E-state index contributed by atoms with van der Waals surface area (Å²) in [6, 6.07) is 0. The van der Waals surface area contributed by atoms with Crippen LogP contribution < -0.4 is 5.73 Å². The summed E-state index contributed by atoms with van der Waals surface area (Å²) in [6.07, 6.45) is 7.24. The molecule has 1 fully saturated rings. The van der Waals surface area contributed by atoms with Crippen LogP contribution in [-0.4, -0.2) is 22.5 Å². The minimum Gasteiger partial charge on any atom is -0.385 e. The molecule has 2 rings (SSSR count). The highest BCUT2D eigenvalue weighted by molar-refractivity contribution is 6.30. The molecule has 16 heavy (non-hydrogen) atoms. The minimum absolute atomic E-state index is 0.179. The number of carbonyl (C=O) groups excluding carboxylic acids is 1. The van der Waals surface area contributed by atoms with Gasteiger partial charge in [0.2, 0.25) is 0 Å². The Bertz CT molecular complexity index is 364. The largest absolute Gasteiger partial charge is 0.385 e. The molecule has 4 heteroatoms. The molecule has 0 aromatic carbocycles. The monoisotopic (exact) mass is 241 g/mol. The van der Waals surface area contributed by atoms with Gasteiger partial charge in [0.15, 0.2) is 5.78 Å². The van der Waals surface area contributed by atoms with Crippen LogP contribution in [0, 0.1) is 5.92 Å². The van der Waals surface area contributed by atoms with Crippen LogP contribution in [0.5, 0.6) is 0 Å². The van der Waals surface area contributed by atoms with Gasteiger partial charge in [-0.3, -0.25) is 4.79 Å². The van der Waals surface area contributed by atoms with Gasteiger partial charge in [0.05, 0.1) is 5.54 Å². The Morgan fingerprint density at radius 2 is 2.31 bits per heavy atom. The SMILES string of the molecule is N[C@@]1(C2CC=CC=C2Cl)CCC[C@@H](O)C1=O. The third kappa shape index (κ3) is 1.83. The Morgan fingerprint density at radius 1 is 1.56 bits per heavy atom. The quantitative estimate of drug-likeness (QED) is 0.731. The highest BCUT2D eigenvalue weighted by atomic mass is 35.5. The number of allylic oxidation sites excluding steroid dienone is 3. The highest BCUT2D eigenvalue weighted by Gasteiger charge is 2.47. The molecule has 0 spiro atoms. The van der Waals surface area contributed by atoms with Crippen LogP contribution in [0.2, 0.25) is 0 Å². The second-order valence-corrected chi connectivity index (χ2v) is 5.02. The van der Waals surface area contributed by atoms with E-state index in [1.807, 2.05) is 12.2 Å². The number of hydrogen-bond donors (Lipinski definition) is 2. The van der Waals surface area contributed by atoms with Gasteiger partial charge in [-0.25, -0.2) is 0 Å². The maximum Gasteiger partial charge on any atom is 0.181 e. The van der Waals surface area contributed by atoms with Crippen LogP contribution >= 0.6 is 11.6 Å². The molecule has 0 bridgehead atoms. The molecule has 0 aromatic heterocycles. The molecule has 3 N–H and O–H groups in total. The Morgan fingerprint density at radius 3 is 3.00 bits per heavy atom. The number of aliphatic hydroxyl groups excluding tert-OH is 1. The van der Waals surface area contributed by atoms with Gasteiger partial charge in [0, 0.05) is 11.0 Å². The zero-order valence-corrected chi connectivity index (χ0v) is 9.78. The van der Waals surface area contributed by atoms with E-state index in [0.29, 0.717) is 24.3 Å². The van der Waals surface area contributed by atoms with Crippen molar-refractivity contribution in [3.05, 3.63) is 23.3 Å². The average Bonchev–Trinajstić information content (AvgIpc) is 2.26. The van der Waals surface area contributed by atoms with Crippen LogP contribution in [0.3, 0.4) is 0 Å². The summed E-state index contributed by atoms with van der Waals surface area (Å²) in [5.74, 6) is -0.438. The number of Topliss-reactive ketones (excluding diaryl/α,β-unsaturated/α-hetero) is 1. The third-order valence-electron chi connectivity index (χ3n) is 3.55. The summed E-state index contributed by atoms with van der Waals surface area (Å²) in [4.78, 5) is 12.0. The molecule has 1 unspecified atom stereocenters. The first-order valence-electron chi connectivity index (χ1n) is 5.59. The summed E-state index contributed by atoms with van der Waals surface area (Å²) < 4.78 is 0. The fraction of sp³-hybridized carbons (Fsp3) is 0.583. The summed E-state index contributed by atoms with van der Waals surface area (Å²) in [5, 5.41) is 10.2. The standard InChI is InChI=1S/C12H16ClNO2/c13-9-5-2-1-4-8(9)12(14)7-3-6-10(15)11(12)16/h1-2,5,8,10,15H,3-4,6-7,14H2/t8?,10-,12-/m1/s1. The van der Waals surface area contributed by atoms with E-state index in [9.17, 15) is 9.90 Å². The van der Waals surface area contributed by atoms with E-state index in [2.05, 4.69) is 0 Å². The smallest absolute Gasteiger partial charge is 0.181 e. The number of nitrogens with two attached hydrogens (primary N) is 1. The predicted octanol–water partition coefficient (Wildman–Crippen LogP) is 1.50. The van der Waals surface area contributed by atoms with Crippen molar-refractivity contribution in [3.63, 3.8) is 0 Å². The highest BCUT2D eigenvalue weighted by Crippen LogP contribution is 2.38. The number of hydrogen-bond acceptors (Lipinski definition) is 3. The van der Waals surface area contributed by atoms with E-state index in [1.165, 1.54) is 0 Å². The summed E-state index contributed by atoms with van der Waals surface area (Å²) >= 11 is 6.11. The number of halogens is 1. The zero-order chi connectivity index (χ0) is 11.8. The maximum atomic E-state index is 12.0. The maximum absolute atomic E-state index is 12.0. The molecule has 1 saturated carbocycles. The lowest BCUT2D eigenvalue weighted by Gasteiger charge is -2.40.